The first kappa shape index (κ1) is 16.1. The molecular formula is C18H18ClN5. The summed E-state index contributed by atoms with van der Waals surface area (Å²) < 4.78 is 1.82. The Labute approximate surface area is 145 Å². The molecule has 0 aliphatic heterocycles. The van der Waals surface area contributed by atoms with Gasteiger partial charge in [0.05, 0.1) is 22.3 Å². The number of aryl methyl sites for hydroxylation is 2. The molecule has 4 rings (SSSR count). The van der Waals surface area contributed by atoms with Crippen LogP contribution in [0.2, 0.25) is 0 Å². The summed E-state index contributed by atoms with van der Waals surface area (Å²) in [5.41, 5.74) is 11.3. The van der Waals surface area contributed by atoms with Crippen LogP contribution in [0.1, 0.15) is 5.69 Å². The highest BCUT2D eigenvalue weighted by atomic mass is 35.5. The second-order valence-corrected chi connectivity index (χ2v) is 5.66. The summed E-state index contributed by atoms with van der Waals surface area (Å²) in [4.78, 5) is 4.75. The third kappa shape index (κ3) is 2.53. The van der Waals surface area contributed by atoms with Crippen molar-refractivity contribution in [2.75, 3.05) is 11.1 Å². The van der Waals surface area contributed by atoms with E-state index in [1.165, 1.54) is 0 Å². The van der Waals surface area contributed by atoms with Crippen molar-refractivity contribution in [2.45, 2.75) is 6.92 Å². The zero-order chi connectivity index (χ0) is 16.0. The van der Waals surface area contributed by atoms with Gasteiger partial charge in [0.15, 0.2) is 5.65 Å². The van der Waals surface area contributed by atoms with Gasteiger partial charge >= 0.3 is 0 Å². The molecule has 0 unspecified atom stereocenters. The van der Waals surface area contributed by atoms with E-state index in [4.69, 9.17) is 10.7 Å². The van der Waals surface area contributed by atoms with Gasteiger partial charge in [0.2, 0.25) is 0 Å². The largest absolute Gasteiger partial charge is 0.399 e. The van der Waals surface area contributed by atoms with E-state index in [1.54, 1.807) is 0 Å². The molecule has 5 nitrogen and oxygen atoms in total. The number of anilines is 3. The summed E-state index contributed by atoms with van der Waals surface area (Å²) in [6.45, 7) is 2.01. The highest BCUT2D eigenvalue weighted by Crippen LogP contribution is 2.34. The fourth-order valence-corrected chi connectivity index (χ4v) is 2.94. The molecule has 4 aromatic rings. The van der Waals surface area contributed by atoms with Gasteiger partial charge in [0.25, 0.3) is 0 Å². The summed E-state index contributed by atoms with van der Waals surface area (Å²) in [5.74, 6) is 0. The molecule has 6 heteroatoms. The zero-order valence-corrected chi connectivity index (χ0v) is 14.3. The molecule has 0 saturated heterocycles. The Morgan fingerprint density at radius 1 is 1.04 bits per heavy atom. The molecule has 24 heavy (non-hydrogen) atoms. The van der Waals surface area contributed by atoms with Crippen molar-refractivity contribution in [1.82, 2.24) is 14.8 Å². The predicted molar refractivity (Wildman–Crippen MR) is 102 cm³/mol. The molecule has 3 N–H and O–H groups in total. The lowest BCUT2D eigenvalue weighted by Crippen LogP contribution is -1.97. The average Bonchev–Trinajstić information content (AvgIpc) is 2.83. The third-order valence-corrected chi connectivity index (χ3v) is 4.02. The number of nitrogens with two attached hydrogens (primary N) is 1. The molecule has 122 valence electrons. The van der Waals surface area contributed by atoms with Gasteiger partial charge in [-0.25, -0.2) is 4.98 Å². The molecule has 0 bridgehead atoms. The maximum absolute atomic E-state index is 5.78. The van der Waals surface area contributed by atoms with Gasteiger partial charge in [-0.05, 0) is 37.3 Å². The first-order valence-corrected chi connectivity index (χ1v) is 7.48. The minimum absolute atomic E-state index is 0. The summed E-state index contributed by atoms with van der Waals surface area (Å²) in [6.07, 6.45) is 0. The highest BCUT2D eigenvalue weighted by molar-refractivity contribution is 6.08. The van der Waals surface area contributed by atoms with Crippen LogP contribution in [0.3, 0.4) is 0 Å². The fraction of sp³-hybridized carbons (Fsp3) is 0.111. The molecule has 0 spiro atoms. The minimum atomic E-state index is 0. The van der Waals surface area contributed by atoms with E-state index in [9.17, 15) is 0 Å². The van der Waals surface area contributed by atoms with Crippen LogP contribution in [-0.2, 0) is 7.05 Å². The van der Waals surface area contributed by atoms with Gasteiger partial charge in [-0.3, -0.25) is 4.68 Å². The van der Waals surface area contributed by atoms with Crippen molar-refractivity contribution in [2.24, 2.45) is 7.05 Å². The minimum Gasteiger partial charge on any atom is -0.399 e. The van der Waals surface area contributed by atoms with Gasteiger partial charge in [-0.15, -0.1) is 12.4 Å². The third-order valence-electron chi connectivity index (χ3n) is 4.02. The monoisotopic (exact) mass is 339 g/mol. The highest BCUT2D eigenvalue weighted by Gasteiger charge is 2.15. The van der Waals surface area contributed by atoms with Crippen molar-refractivity contribution in [3.8, 4) is 0 Å². The van der Waals surface area contributed by atoms with Crippen LogP contribution in [0.25, 0.3) is 21.9 Å². The number of fused-ring (bicyclic) bond motifs is 2. The van der Waals surface area contributed by atoms with E-state index >= 15 is 0 Å². The zero-order valence-electron chi connectivity index (χ0n) is 13.4. The van der Waals surface area contributed by atoms with Gasteiger partial charge < -0.3 is 11.1 Å². The molecule has 0 saturated carbocycles. The number of halogens is 1. The van der Waals surface area contributed by atoms with Crippen molar-refractivity contribution in [1.29, 1.82) is 0 Å². The van der Waals surface area contributed by atoms with Crippen molar-refractivity contribution < 1.29 is 0 Å². The maximum Gasteiger partial charge on any atom is 0.160 e. The fourth-order valence-electron chi connectivity index (χ4n) is 2.94. The Morgan fingerprint density at radius 3 is 2.50 bits per heavy atom. The van der Waals surface area contributed by atoms with Gasteiger partial charge in [0, 0.05) is 23.8 Å². The molecule has 0 amide bonds. The second-order valence-electron chi connectivity index (χ2n) is 5.66. The topological polar surface area (TPSA) is 68.8 Å². The van der Waals surface area contributed by atoms with E-state index in [0.717, 1.165) is 44.7 Å². The van der Waals surface area contributed by atoms with Gasteiger partial charge in [0.1, 0.15) is 0 Å². The van der Waals surface area contributed by atoms with E-state index in [-0.39, 0.29) is 12.4 Å². The number of hydrogen-bond acceptors (Lipinski definition) is 4. The quantitative estimate of drug-likeness (QED) is 0.538. The number of para-hydroxylation sites is 1. The van der Waals surface area contributed by atoms with E-state index in [2.05, 4.69) is 16.5 Å². The lowest BCUT2D eigenvalue weighted by atomic mass is 10.1. The normalized spacial score (nSPS) is 10.8. The summed E-state index contributed by atoms with van der Waals surface area (Å²) in [7, 11) is 1.92. The molecule has 0 radical (unpaired) electrons. The average molecular weight is 340 g/mol. The number of nitrogen functional groups attached to an aromatic ring is 1. The SMILES string of the molecule is Cc1nn(C)c2nc3ccccc3c(Nc3ccc(N)cc3)c12.Cl. The van der Waals surface area contributed by atoms with Crippen LogP contribution < -0.4 is 11.1 Å². The van der Waals surface area contributed by atoms with Crippen molar-refractivity contribution in [3.05, 3.63) is 54.2 Å². The molecule has 0 atom stereocenters. The number of benzene rings is 2. The molecule has 2 heterocycles. The Balaban J connectivity index is 0.00000169. The van der Waals surface area contributed by atoms with E-state index in [1.807, 2.05) is 61.1 Å². The predicted octanol–water partition coefficient (Wildman–Crippen LogP) is 4.18. The van der Waals surface area contributed by atoms with Crippen molar-refractivity contribution >= 4 is 51.4 Å². The number of pyridine rings is 1. The van der Waals surface area contributed by atoms with Crippen LogP contribution in [-0.4, -0.2) is 14.8 Å². The molecule has 2 aromatic carbocycles. The number of nitrogens with zero attached hydrogens (tertiary/aromatic N) is 3. The number of aromatic nitrogens is 3. The second kappa shape index (κ2) is 6.02. The smallest absolute Gasteiger partial charge is 0.160 e. The molecule has 0 aliphatic carbocycles. The van der Waals surface area contributed by atoms with Gasteiger partial charge in [-0.1, -0.05) is 18.2 Å². The molecule has 2 aromatic heterocycles. The molecule has 0 aliphatic rings. The van der Waals surface area contributed by atoms with Crippen LogP contribution in [0.5, 0.6) is 0 Å². The number of hydrogen-bond donors (Lipinski definition) is 2. The standard InChI is InChI=1S/C18H17N5.ClH/c1-11-16-17(20-13-9-7-12(19)8-10-13)14-5-3-4-6-15(14)21-18(16)23(2)22-11;/h3-10H,19H2,1-2H3,(H,20,21);1H. The summed E-state index contributed by atoms with van der Waals surface area (Å²) >= 11 is 0. The molecular weight excluding hydrogens is 322 g/mol. The van der Waals surface area contributed by atoms with Gasteiger partial charge in [-0.2, -0.15) is 5.10 Å². The van der Waals surface area contributed by atoms with E-state index in [0.29, 0.717) is 0 Å². The van der Waals surface area contributed by atoms with Crippen LogP contribution in [0.4, 0.5) is 17.1 Å². The lowest BCUT2D eigenvalue weighted by molar-refractivity contribution is 0.775. The first-order chi connectivity index (χ1) is 11.1. The van der Waals surface area contributed by atoms with Crippen LogP contribution >= 0.6 is 12.4 Å². The Hall–Kier alpha value is -2.79. The Kier molecular flexibility index (Phi) is 4.03. The number of rotatable bonds is 2. The lowest BCUT2D eigenvalue weighted by Gasteiger charge is -2.12. The Bertz CT molecular complexity index is 1020. The Morgan fingerprint density at radius 2 is 1.75 bits per heavy atom. The maximum atomic E-state index is 5.78. The van der Waals surface area contributed by atoms with Crippen LogP contribution in [0, 0.1) is 6.92 Å². The first-order valence-electron chi connectivity index (χ1n) is 7.48. The molecule has 0 fully saturated rings. The van der Waals surface area contributed by atoms with E-state index < -0.39 is 0 Å². The summed E-state index contributed by atoms with van der Waals surface area (Å²) in [6, 6.07) is 15.8. The number of nitrogens with one attached hydrogen (secondary N) is 1. The summed E-state index contributed by atoms with van der Waals surface area (Å²) in [5, 5.41) is 10.2. The van der Waals surface area contributed by atoms with Crippen LogP contribution in [0.15, 0.2) is 48.5 Å². The van der Waals surface area contributed by atoms with Crippen molar-refractivity contribution in [3.63, 3.8) is 0 Å².